The molecule has 9 heteroatoms. The van der Waals surface area contributed by atoms with Gasteiger partial charge in [-0.1, -0.05) is 6.07 Å². The second-order valence-electron chi connectivity index (χ2n) is 8.46. The number of hydrogen-bond acceptors (Lipinski definition) is 7. The Balaban J connectivity index is 1.63. The Bertz CT molecular complexity index is 1060. The van der Waals surface area contributed by atoms with Crippen LogP contribution in [0.1, 0.15) is 24.0 Å². The van der Waals surface area contributed by atoms with E-state index in [4.69, 9.17) is 4.74 Å². The molecular weight excluding hydrogens is 402 g/mol. The number of urea groups is 1. The topological polar surface area (TPSA) is 104 Å². The molecule has 9 nitrogen and oxygen atoms in total. The van der Waals surface area contributed by atoms with E-state index in [0.717, 1.165) is 27.5 Å². The second kappa shape index (κ2) is 6.50. The molecule has 0 saturated carbocycles. The summed E-state index contributed by atoms with van der Waals surface area (Å²) in [6, 6.07) is 4.55. The maximum absolute atomic E-state index is 13.4. The lowest BCUT2D eigenvalue weighted by Crippen LogP contribution is -2.70. The van der Waals surface area contributed by atoms with Crippen LogP contribution < -0.4 is 4.90 Å². The van der Waals surface area contributed by atoms with Crippen molar-refractivity contribution < 1.29 is 28.7 Å². The van der Waals surface area contributed by atoms with Crippen LogP contribution in [-0.4, -0.2) is 72.7 Å². The summed E-state index contributed by atoms with van der Waals surface area (Å²) in [5.41, 5.74) is 0.915. The van der Waals surface area contributed by atoms with Crippen LogP contribution in [0.25, 0.3) is 6.08 Å². The van der Waals surface area contributed by atoms with Crippen molar-refractivity contribution in [3.05, 3.63) is 34.9 Å². The zero-order valence-corrected chi connectivity index (χ0v) is 17.2. The van der Waals surface area contributed by atoms with Gasteiger partial charge in [0.05, 0.1) is 6.04 Å². The van der Waals surface area contributed by atoms with E-state index in [1.807, 2.05) is 12.1 Å². The standard InChI is InChI=1S/C22H21N3O6/c1-23-19(28)22(20(29)24(2)21(23)30)10-13-8-12(9-14-16(26)11-31-18(14)27)5-6-15(13)25-7-3-4-17(22)25/h5-6,8-9,17H,3-4,7,10-11H2,1-2H3/b14-9-/t17-/m1/s1. The Hall–Kier alpha value is -3.49. The maximum atomic E-state index is 13.4. The average Bonchev–Trinajstić information content (AvgIpc) is 3.38. The SMILES string of the molecule is CN1C(=O)N(C)C(=O)C2(Cc3cc(/C=C4/C(=O)COC4=O)ccc3N3CCC[C@@H]32)C1=O. The molecule has 1 aromatic carbocycles. The number of carbonyl (C=O) groups excluding carboxylic acids is 5. The number of fused-ring (bicyclic) bond motifs is 4. The number of benzene rings is 1. The van der Waals surface area contributed by atoms with Gasteiger partial charge in [-0.15, -0.1) is 0 Å². The van der Waals surface area contributed by atoms with Gasteiger partial charge in [0.2, 0.25) is 17.6 Å². The first-order valence-corrected chi connectivity index (χ1v) is 10.2. The number of nitrogens with zero attached hydrogens (tertiary/aromatic N) is 3. The first-order valence-electron chi connectivity index (χ1n) is 10.2. The molecule has 4 heterocycles. The largest absolute Gasteiger partial charge is 0.454 e. The molecular formula is C22H21N3O6. The van der Waals surface area contributed by atoms with E-state index in [1.165, 1.54) is 20.2 Å². The van der Waals surface area contributed by atoms with Crippen molar-refractivity contribution in [3.8, 4) is 0 Å². The predicted molar refractivity (Wildman–Crippen MR) is 108 cm³/mol. The Kier molecular flexibility index (Phi) is 4.08. The van der Waals surface area contributed by atoms with E-state index >= 15 is 0 Å². The lowest BCUT2D eigenvalue weighted by Gasteiger charge is -2.50. The van der Waals surface area contributed by atoms with Gasteiger partial charge < -0.3 is 9.64 Å². The van der Waals surface area contributed by atoms with Crippen LogP contribution in [0.5, 0.6) is 0 Å². The summed E-state index contributed by atoms with van der Waals surface area (Å²) >= 11 is 0. The number of hydrogen-bond donors (Lipinski definition) is 0. The highest BCUT2D eigenvalue weighted by molar-refractivity contribution is 6.25. The number of rotatable bonds is 1. The Morgan fingerprint density at radius 2 is 1.77 bits per heavy atom. The highest BCUT2D eigenvalue weighted by Crippen LogP contribution is 2.49. The molecule has 1 aromatic rings. The Morgan fingerprint density at radius 1 is 1.06 bits per heavy atom. The van der Waals surface area contributed by atoms with Crippen molar-refractivity contribution >= 4 is 41.4 Å². The van der Waals surface area contributed by atoms with Gasteiger partial charge >= 0.3 is 12.0 Å². The minimum Gasteiger partial charge on any atom is -0.454 e. The minimum atomic E-state index is -1.38. The number of imide groups is 2. The fourth-order valence-corrected chi connectivity index (χ4v) is 5.33. The molecule has 3 fully saturated rings. The summed E-state index contributed by atoms with van der Waals surface area (Å²) in [5.74, 6) is -2.00. The van der Waals surface area contributed by atoms with Gasteiger partial charge in [0.1, 0.15) is 5.57 Å². The summed E-state index contributed by atoms with van der Waals surface area (Å²) in [6.07, 6.45) is 3.14. The Labute approximate surface area is 178 Å². The average molecular weight is 423 g/mol. The highest BCUT2D eigenvalue weighted by atomic mass is 16.5. The Morgan fingerprint density at radius 3 is 2.42 bits per heavy atom. The third kappa shape index (κ3) is 2.52. The molecule has 0 unspecified atom stereocenters. The normalized spacial score (nSPS) is 26.1. The molecule has 0 radical (unpaired) electrons. The number of esters is 1. The van der Waals surface area contributed by atoms with Gasteiger partial charge in [-0.2, -0.15) is 0 Å². The summed E-state index contributed by atoms with van der Waals surface area (Å²) in [5, 5.41) is 0. The zero-order valence-electron chi connectivity index (χ0n) is 17.2. The van der Waals surface area contributed by atoms with Crippen LogP contribution in [0.2, 0.25) is 0 Å². The van der Waals surface area contributed by atoms with Gasteiger partial charge in [0.15, 0.2) is 12.0 Å². The molecule has 0 aromatic heterocycles. The molecule has 1 spiro atoms. The molecule has 0 aliphatic carbocycles. The summed E-state index contributed by atoms with van der Waals surface area (Å²) < 4.78 is 4.77. The predicted octanol–water partition coefficient (Wildman–Crippen LogP) is 0.758. The van der Waals surface area contributed by atoms with Crippen molar-refractivity contribution in [1.82, 2.24) is 9.80 Å². The van der Waals surface area contributed by atoms with Crippen LogP contribution in [0.15, 0.2) is 23.8 Å². The summed E-state index contributed by atoms with van der Waals surface area (Å²) in [7, 11) is 2.81. The third-order valence-corrected chi connectivity index (χ3v) is 6.82. The number of carbonyl (C=O) groups is 5. The van der Waals surface area contributed by atoms with Gasteiger partial charge in [-0.3, -0.25) is 24.2 Å². The quantitative estimate of drug-likeness (QED) is 0.284. The minimum absolute atomic E-state index is 0.0144. The molecule has 0 N–H and O–H groups in total. The van der Waals surface area contributed by atoms with E-state index in [9.17, 15) is 24.0 Å². The molecule has 1 atom stereocenters. The van der Waals surface area contributed by atoms with E-state index in [2.05, 4.69) is 4.90 Å². The number of cyclic esters (lactones) is 1. The van der Waals surface area contributed by atoms with Gasteiger partial charge in [0, 0.05) is 26.3 Å². The van der Waals surface area contributed by atoms with E-state index in [-0.39, 0.29) is 30.4 Å². The smallest absolute Gasteiger partial charge is 0.342 e. The fourth-order valence-electron chi connectivity index (χ4n) is 5.33. The van der Waals surface area contributed by atoms with Crippen molar-refractivity contribution in [2.75, 3.05) is 32.1 Å². The summed E-state index contributed by atoms with van der Waals surface area (Å²) in [4.78, 5) is 67.0. The highest BCUT2D eigenvalue weighted by Gasteiger charge is 2.63. The van der Waals surface area contributed by atoms with E-state index < -0.39 is 29.2 Å². The molecule has 4 amide bonds. The van der Waals surface area contributed by atoms with Crippen LogP contribution in [-0.2, 0) is 30.3 Å². The molecule has 160 valence electrons. The van der Waals surface area contributed by atoms with Gasteiger partial charge in [-0.05, 0) is 48.6 Å². The number of amides is 4. The lowest BCUT2D eigenvalue weighted by molar-refractivity contribution is -0.159. The van der Waals surface area contributed by atoms with Crippen molar-refractivity contribution in [2.24, 2.45) is 5.41 Å². The van der Waals surface area contributed by atoms with Gasteiger partial charge in [-0.25, -0.2) is 9.59 Å². The van der Waals surface area contributed by atoms with Gasteiger partial charge in [0.25, 0.3) is 0 Å². The van der Waals surface area contributed by atoms with Crippen LogP contribution in [0.4, 0.5) is 10.5 Å². The number of ketones is 1. The van der Waals surface area contributed by atoms with E-state index in [0.29, 0.717) is 18.5 Å². The number of anilines is 1. The monoisotopic (exact) mass is 423 g/mol. The van der Waals surface area contributed by atoms with Crippen LogP contribution >= 0.6 is 0 Å². The molecule has 5 rings (SSSR count). The fraction of sp³-hybridized carbons (Fsp3) is 0.409. The molecule has 4 aliphatic rings. The first-order chi connectivity index (χ1) is 14.8. The molecule has 31 heavy (non-hydrogen) atoms. The molecule has 3 saturated heterocycles. The van der Waals surface area contributed by atoms with Crippen LogP contribution in [0.3, 0.4) is 0 Å². The molecule has 4 aliphatic heterocycles. The number of ether oxygens (including phenoxy) is 1. The van der Waals surface area contributed by atoms with E-state index in [1.54, 1.807) is 6.07 Å². The van der Waals surface area contributed by atoms with Crippen molar-refractivity contribution in [2.45, 2.75) is 25.3 Å². The van der Waals surface area contributed by atoms with Crippen molar-refractivity contribution in [1.29, 1.82) is 0 Å². The zero-order chi connectivity index (χ0) is 22.1. The number of barbiturate groups is 1. The van der Waals surface area contributed by atoms with Crippen molar-refractivity contribution in [3.63, 3.8) is 0 Å². The first kappa shape index (κ1) is 19.5. The van der Waals surface area contributed by atoms with Crippen LogP contribution in [0, 0.1) is 5.41 Å². The molecule has 0 bridgehead atoms. The maximum Gasteiger partial charge on any atom is 0.342 e. The summed E-state index contributed by atoms with van der Waals surface area (Å²) in [6.45, 7) is 0.441. The number of Topliss-reactive ketones (excluding diaryl/α,β-unsaturated/α-hetero) is 1. The third-order valence-electron chi connectivity index (χ3n) is 6.82. The lowest BCUT2D eigenvalue weighted by atomic mass is 9.68. The second-order valence-corrected chi connectivity index (χ2v) is 8.46.